The summed E-state index contributed by atoms with van der Waals surface area (Å²) < 4.78 is 5.00. The molecule has 0 aliphatic rings. The van der Waals surface area contributed by atoms with E-state index in [4.69, 9.17) is 15.7 Å². The monoisotopic (exact) mass is 380 g/mol. The molecule has 0 unspecified atom stereocenters. The fraction of sp³-hybridized carbons (Fsp3) is 0.200. The molecule has 0 heterocycles. The molecule has 8 nitrogen and oxygen atoms in total. The Kier molecular flexibility index (Phi) is 7.54. The van der Waals surface area contributed by atoms with Gasteiger partial charge in [0.25, 0.3) is 0 Å². The van der Waals surface area contributed by atoms with E-state index in [1.807, 2.05) is 24.3 Å². The first kappa shape index (κ1) is 20.5. The van der Waals surface area contributed by atoms with Crippen LogP contribution in [0.15, 0.2) is 54.6 Å². The van der Waals surface area contributed by atoms with Crippen LogP contribution in [0.1, 0.15) is 16.7 Å². The average molecular weight is 380 g/mol. The number of primary amides is 1. The van der Waals surface area contributed by atoms with Gasteiger partial charge in [-0.15, -0.1) is 0 Å². The third kappa shape index (κ3) is 6.80. The Labute approximate surface area is 162 Å². The molecular formula is C20H20N4O4. The predicted molar refractivity (Wildman–Crippen MR) is 101 cm³/mol. The van der Waals surface area contributed by atoms with Gasteiger partial charge in [0.1, 0.15) is 19.2 Å². The Morgan fingerprint density at radius 2 is 1.79 bits per heavy atom. The molecule has 3 amide bonds. The van der Waals surface area contributed by atoms with Gasteiger partial charge < -0.3 is 21.1 Å². The molecule has 144 valence electrons. The number of carbonyl (C=O) groups is 3. The quantitative estimate of drug-likeness (QED) is 0.628. The van der Waals surface area contributed by atoms with Crippen molar-refractivity contribution in [3.05, 3.63) is 71.3 Å². The van der Waals surface area contributed by atoms with E-state index < -0.39 is 23.9 Å². The highest BCUT2D eigenvalue weighted by molar-refractivity contribution is 5.88. The molecule has 2 rings (SSSR count). The zero-order chi connectivity index (χ0) is 20.4. The second kappa shape index (κ2) is 10.3. The van der Waals surface area contributed by atoms with Gasteiger partial charge in [-0.05, 0) is 23.3 Å². The first-order valence-corrected chi connectivity index (χ1v) is 8.50. The van der Waals surface area contributed by atoms with Gasteiger partial charge in [-0.2, -0.15) is 5.26 Å². The van der Waals surface area contributed by atoms with Crippen LogP contribution in [0.3, 0.4) is 0 Å². The van der Waals surface area contributed by atoms with Crippen molar-refractivity contribution in [2.75, 3.05) is 6.54 Å². The summed E-state index contributed by atoms with van der Waals surface area (Å²) in [4.78, 5) is 35.3. The van der Waals surface area contributed by atoms with E-state index in [0.717, 1.165) is 5.56 Å². The first-order chi connectivity index (χ1) is 13.5. The molecule has 2 aromatic carbocycles. The van der Waals surface area contributed by atoms with Crippen molar-refractivity contribution in [1.82, 2.24) is 10.6 Å². The van der Waals surface area contributed by atoms with Gasteiger partial charge in [-0.3, -0.25) is 9.59 Å². The number of alkyl carbamates (subject to hydrolysis) is 1. The fourth-order valence-electron chi connectivity index (χ4n) is 2.40. The van der Waals surface area contributed by atoms with Gasteiger partial charge in [0.05, 0.1) is 11.6 Å². The maximum absolute atomic E-state index is 12.0. The van der Waals surface area contributed by atoms with Gasteiger partial charge in [0.15, 0.2) is 0 Å². The van der Waals surface area contributed by atoms with Crippen LogP contribution >= 0.6 is 0 Å². The van der Waals surface area contributed by atoms with Gasteiger partial charge in [-0.1, -0.05) is 42.5 Å². The average Bonchev–Trinajstić information content (AvgIpc) is 2.71. The van der Waals surface area contributed by atoms with Gasteiger partial charge >= 0.3 is 6.09 Å². The summed E-state index contributed by atoms with van der Waals surface area (Å²) in [5, 5.41) is 13.7. The van der Waals surface area contributed by atoms with Crippen molar-refractivity contribution in [3.8, 4) is 6.07 Å². The number of hydrogen-bond acceptors (Lipinski definition) is 5. The van der Waals surface area contributed by atoms with Gasteiger partial charge in [-0.25, -0.2) is 4.79 Å². The summed E-state index contributed by atoms with van der Waals surface area (Å²) in [5.74, 6) is -1.31. The number of rotatable bonds is 8. The molecule has 0 aromatic heterocycles. The fourth-order valence-corrected chi connectivity index (χ4v) is 2.40. The molecule has 0 fully saturated rings. The minimum absolute atomic E-state index is 0.0768. The number of amides is 3. The lowest BCUT2D eigenvalue weighted by molar-refractivity contribution is -0.126. The van der Waals surface area contributed by atoms with Crippen molar-refractivity contribution in [1.29, 1.82) is 5.26 Å². The predicted octanol–water partition coefficient (Wildman–Crippen LogP) is 0.997. The smallest absolute Gasteiger partial charge is 0.407 e. The molecule has 8 heteroatoms. The normalized spacial score (nSPS) is 11.0. The summed E-state index contributed by atoms with van der Waals surface area (Å²) in [6.45, 7) is -0.289. The van der Waals surface area contributed by atoms with Gasteiger partial charge in [0.2, 0.25) is 11.8 Å². The number of hydrogen-bond donors (Lipinski definition) is 3. The summed E-state index contributed by atoms with van der Waals surface area (Å²) in [5.41, 5.74) is 7.27. The number of nitrogens with zero attached hydrogens (tertiary/aromatic N) is 1. The van der Waals surface area contributed by atoms with Crippen LogP contribution in [0.5, 0.6) is 0 Å². The van der Waals surface area contributed by atoms with Crippen molar-refractivity contribution in [2.45, 2.75) is 19.1 Å². The minimum atomic E-state index is -0.969. The molecule has 0 spiro atoms. The Balaban J connectivity index is 1.80. The third-order valence-electron chi connectivity index (χ3n) is 3.78. The van der Waals surface area contributed by atoms with Crippen molar-refractivity contribution in [2.24, 2.45) is 5.73 Å². The molecule has 0 bridgehead atoms. The minimum Gasteiger partial charge on any atom is -0.445 e. The highest BCUT2D eigenvalue weighted by Gasteiger charge is 2.19. The molecule has 0 saturated heterocycles. The van der Waals surface area contributed by atoms with E-state index in [-0.39, 0.29) is 19.6 Å². The Morgan fingerprint density at radius 3 is 2.46 bits per heavy atom. The van der Waals surface area contributed by atoms with Gasteiger partial charge in [0, 0.05) is 6.42 Å². The van der Waals surface area contributed by atoms with E-state index in [1.165, 1.54) is 0 Å². The third-order valence-corrected chi connectivity index (χ3v) is 3.78. The molecule has 0 aliphatic heterocycles. The Morgan fingerprint density at radius 1 is 1.07 bits per heavy atom. The van der Waals surface area contributed by atoms with Crippen molar-refractivity contribution < 1.29 is 19.1 Å². The number of carbonyl (C=O) groups excluding carboxylic acids is 3. The van der Waals surface area contributed by atoms with Crippen molar-refractivity contribution in [3.63, 3.8) is 0 Å². The van der Waals surface area contributed by atoms with Crippen molar-refractivity contribution >= 4 is 17.9 Å². The van der Waals surface area contributed by atoms with Crippen LogP contribution in [0.25, 0.3) is 0 Å². The molecule has 1 atom stereocenters. The van der Waals surface area contributed by atoms with Crippen LogP contribution in [-0.4, -0.2) is 30.5 Å². The lowest BCUT2D eigenvalue weighted by Gasteiger charge is -2.16. The van der Waals surface area contributed by atoms with E-state index in [1.54, 1.807) is 36.4 Å². The Bertz CT molecular complexity index is 877. The SMILES string of the molecule is N#Cc1cccc(C[C@H](NC(=O)CNC(=O)OCc2ccccc2)C(N)=O)c1. The largest absolute Gasteiger partial charge is 0.445 e. The number of ether oxygens (including phenoxy) is 1. The number of nitrogens with two attached hydrogens (primary N) is 1. The Hall–Kier alpha value is -3.86. The zero-order valence-corrected chi connectivity index (χ0v) is 15.1. The zero-order valence-electron chi connectivity index (χ0n) is 15.1. The highest BCUT2D eigenvalue weighted by atomic mass is 16.5. The molecule has 28 heavy (non-hydrogen) atoms. The molecule has 0 saturated carbocycles. The van der Waals surface area contributed by atoms with Crippen LogP contribution in [0, 0.1) is 11.3 Å². The summed E-state index contributed by atoms with van der Waals surface area (Å²) >= 11 is 0. The van der Waals surface area contributed by atoms with Crippen LogP contribution in [0.4, 0.5) is 4.79 Å². The van der Waals surface area contributed by atoms with E-state index in [0.29, 0.717) is 11.1 Å². The van der Waals surface area contributed by atoms with E-state index in [2.05, 4.69) is 10.6 Å². The standard InChI is InChI=1S/C20H20N4O4/c21-11-16-8-4-7-15(9-16)10-17(19(22)26)24-18(25)12-23-20(27)28-13-14-5-2-1-3-6-14/h1-9,17H,10,12-13H2,(H2,22,26)(H,23,27)(H,24,25)/t17-/m0/s1. The summed E-state index contributed by atoms with van der Waals surface area (Å²) in [7, 11) is 0. The molecule has 0 aliphatic carbocycles. The second-order valence-corrected chi connectivity index (χ2v) is 5.95. The molecule has 2 aromatic rings. The molecule has 0 radical (unpaired) electrons. The molecular weight excluding hydrogens is 360 g/mol. The van der Waals surface area contributed by atoms with Crippen LogP contribution in [0.2, 0.25) is 0 Å². The summed E-state index contributed by atoms with van der Waals surface area (Å²) in [6, 6.07) is 16.8. The number of benzene rings is 2. The van der Waals surface area contributed by atoms with E-state index >= 15 is 0 Å². The van der Waals surface area contributed by atoms with E-state index in [9.17, 15) is 14.4 Å². The summed E-state index contributed by atoms with van der Waals surface area (Å²) in [6.07, 6.45) is -0.619. The number of nitriles is 1. The maximum atomic E-state index is 12.0. The topological polar surface area (TPSA) is 134 Å². The second-order valence-electron chi connectivity index (χ2n) is 5.95. The first-order valence-electron chi connectivity index (χ1n) is 8.50. The van der Waals surface area contributed by atoms with Crippen LogP contribution in [-0.2, 0) is 27.4 Å². The molecule has 4 N–H and O–H groups in total. The number of nitrogens with one attached hydrogen (secondary N) is 2. The lowest BCUT2D eigenvalue weighted by Crippen LogP contribution is -2.49. The maximum Gasteiger partial charge on any atom is 0.407 e. The lowest BCUT2D eigenvalue weighted by atomic mass is 10.0. The highest BCUT2D eigenvalue weighted by Crippen LogP contribution is 2.07. The van der Waals surface area contributed by atoms with Crippen LogP contribution < -0.4 is 16.4 Å².